The summed E-state index contributed by atoms with van der Waals surface area (Å²) in [7, 11) is -0.579. The molecule has 1 rings (SSSR count). The maximum Gasteiger partial charge on any atom is 0.0414 e. The van der Waals surface area contributed by atoms with Crippen LogP contribution in [0.25, 0.3) is 0 Å². The van der Waals surface area contributed by atoms with Gasteiger partial charge in [-0.15, -0.1) is 0 Å². The van der Waals surface area contributed by atoms with E-state index < -0.39 is 10.8 Å². The summed E-state index contributed by atoms with van der Waals surface area (Å²) in [5, 5.41) is 0. The van der Waals surface area contributed by atoms with Crippen molar-refractivity contribution < 1.29 is 4.21 Å². The van der Waals surface area contributed by atoms with Crippen LogP contribution in [0, 0.1) is 0 Å². The summed E-state index contributed by atoms with van der Waals surface area (Å²) >= 11 is 2.41. The van der Waals surface area contributed by atoms with Gasteiger partial charge in [-0.3, -0.25) is 9.11 Å². The van der Waals surface area contributed by atoms with Crippen molar-refractivity contribution >= 4 is 33.4 Å². The Labute approximate surface area is 97.0 Å². The van der Waals surface area contributed by atoms with Crippen molar-refractivity contribution in [3.05, 3.63) is 0 Å². The van der Waals surface area contributed by atoms with Gasteiger partial charge in [-0.1, -0.05) is 22.6 Å². The second kappa shape index (κ2) is 5.07. The van der Waals surface area contributed by atoms with Gasteiger partial charge in [0.25, 0.3) is 0 Å². The van der Waals surface area contributed by atoms with E-state index in [1.165, 1.54) is 10.8 Å². The van der Waals surface area contributed by atoms with Gasteiger partial charge in [-0.05, 0) is 26.8 Å². The molecule has 0 aromatic heterocycles. The largest absolute Gasteiger partial charge is 0.296 e. The van der Waals surface area contributed by atoms with E-state index >= 15 is 0 Å². The molecule has 0 saturated carbocycles. The summed E-state index contributed by atoms with van der Waals surface area (Å²) < 4.78 is 12.6. The van der Waals surface area contributed by atoms with Crippen LogP contribution in [-0.4, -0.2) is 43.7 Å². The molecule has 1 heterocycles. The van der Waals surface area contributed by atoms with Gasteiger partial charge in [0, 0.05) is 38.8 Å². The minimum absolute atomic E-state index is 0.148. The molecule has 1 fully saturated rings. The van der Waals surface area contributed by atoms with E-state index in [1.54, 1.807) is 0 Å². The van der Waals surface area contributed by atoms with Gasteiger partial charge in [0.1, 0.15) is 0 Å². The second-order valence-electron chi connectivity index (χ2n) is 4.13. The topological polar surface area (TPSA) is 20.3 Å². The molecule has 0 radical (unpaired) electrons. The molecule has 0 amide bonds. The third kappa shape index (κ3) is 3.47. The standard InChI is InChI=1S/C9H18INOS/c1-9(2)8-13(12)7-6-11(9)5-3-4-10/h3-8H2,1-2H3. The van der Waals surface area contributed by atoms with Gasteiger partial charge in [0.15, 0.2) is 0 Å². The third-order valence-corrected chi connectivity index (χ3v) is 4.95. The molecule has 0 aliphatic carbocycles. The van der Waals surface area contributed by atoms with Crippen LogP contribution in [-0.2, 0) is 10.8 Å². The molecule has 0 spiro atoms. The molecule has 1 aliphatic rings. The Balaban J connectivity index is 2.49. The molecule has 4 heteroatoms. The Hall–Kier alpha value is 0.840. The molecule has 0 aromatic carbocycles. The average molecular weight is 315 g/mol. The van der Waals surface area contributed by atoms with E-state index in [0.717, 1.165) is 24.6 Å². The quantitative estimate of drug-likeness (QED) is 0.583. The highest BCUT2D eigenvalue weighted by atomic mass is 127. The predicted octanol–water partition coefficient (Wildman–Crippen LogP) is 1.65. The van der Waals surface area contributed by atoms with Crippen LogP contribution in [0.15, 0.2) is 0 Å². The maximum atomic E-state index is 11.4. The summed E-state index contributed by atoms with van der Waals surface area (Å²) in [5.41, 5.74) is 0.148. The molecular formula is C9H18INOS. The van der Waals surface area contributed by atoms with E-state index in [2.05, 4.69) is 41.3 Å². The number of rotatable bonds is 3. The van der Waals surface area contributed by atoms with E-state index in [9.17, 15) is 4.21 Å². The summed E-state index contributed by atoms with van der Waals surface area (Å²) in [4.78, 5) is 2.48. The molecule has 1 atom stereocenters. The van der Waals surface area contributed by atoms with E-state index in [1.807, 2.05) is 0 Å². The van der Waals surface area contributed by atoms with Crippen molar-refractivity contribution in [1.82, 2.24) is 4.90 Å². The molecule has 1 unspecified atom stereocenters. The lowest BCUT2D eigenvalue weighted by Gasteiger charge is -2.41. The van der Waals surface area contributed by atoms with Crippen LogP contribution in [0.2, 0.25) is 0 Å². The van der Waals surface area contributed by atoms with Crippen LogP contribution in [0.1, 0.15) is 20.3 Å². The monoisotopic (exact) mass is 315 g/mol. The molecule has 1 aliphatic heterocycles. The normalized spacial score (nSPS) is 29.0. The highest BCUT2D eigenvalue weighted by molar-refractivity contribution is 14.1. The minimum atomic E-state index is -0.579. The zero-order valence-corrected chi connectivity index (χ0v) is 11.4. The maximum absolute atomic E-state index is 11.4. The fraction of sp³-hybridized carbons (Fsp3) is 1.00. The molecular weight excluding hydrogens is 297 g/mol. The molecule has 2 nitrogen and oxygen atoms in total. The third-order valence-electron chi connectivity index (χ3n) is 2.52. The number of nitrogens with zero attached hydrogens (tertiary/aromatic N) is 1. The smallest absolute Gasteiger partial charge is 0.0414 e. The molecule has 0 bridgehead atoms. The number of halogens is 1. The Morgan fingerprint density at radius 2 is 2.23 bits per heavy atom. The number of hydrogen-bond acceptors (Lipinski definition) is 2. The SMILES string of the molecule is CC1(C)CS(=O)CCN1CCCI. The van der Waals surface area contributed by atoms with E-state index in [0.29, 0.717) is 0 Å². The van der Waals surface area contributed by atoms with Crippen molar-refractivity contribution in [1.29, 1.82) is 0 Å². The zero-order valence-electron chi connectivity index (χ0n) is 8.38. The Morgan fingerprint density at radius 3 is 2.77 bits per heavy atom. The van der Waals surface area contributed by atoms with Crippen molar-refractivity contribution in [3.63, 3.8) is 0 Å². The molecule has 13 heavy (non-hydrogen) atoms. The fourth-order valence-electron chi connectivity index (χ4n) is 1.74. The Kier molecular flexibility index (Phi) is 4.65. The van der Waals surface area contributed by atoms with Crippen LogP contribution in [0.4, 0.5) is 0 Å². The fourth-order valence-corrected chi connectivity index (χ4v) is 3.62. The van der Waals surface area contributed by atoms with E-state index in [-0.39, 0.29) is 5.54 Å². The van der Waals surface area contributed by atoms with Gasteiger partial charge in [0.05, 0.1) is 0 Å². The van der Waals surface area contributed by atoms with Gasteiger partial charge < -0.3 is 0 Å². The lowest BCUT2D eigenvalue weighted by molar-refractivity contribution is 0.143. The molecule has 0 N–H and O–H groups in total. The first-order chi connectivity index (χ1) is 6.06. The molecule has 0 aromatic rings. The van der Waals surface area contributed by atoms with Crippen molar-refractivity contribution in [2.45, 2.75) is 25.8 Å². The summed E-state index contributed by atoms with van der Waals surface area (Å²) in [6.45, 7) is 6.58. The van der Waals surface area contributed by atoms with E-state index in [4.69, 9.17) is 0 Å². The average Bonchev–Trinajstić information content (AvgIpc) is 2.01. The van der Waals surface area contributed by atoms with Crippen molar-refractivity contribution in [3.8, 4) is 0 Å². The highest BCUT2D eigenvalue weighted by Crippen LogP contribution is 2.20. The van der Waals surface area contributed by atoms with Crippen molar-refractivity contribution in [2.75, 3.05) is 29.0 Å². The number of alkyl halides is 1. The van der Waals surface area contributed by atoms with Crippen LogP contribution >= 0.6 is 22.6 Å². The van der Waals surface area contributed by atoms with Crippen LogP contribution < -0.4 is 0 Å². The summed E-state index contributed by atoms with van der Waals surface area (Å²) in [6, 6.07) is 0. The van der Waals surface area contributed by atoms with Gasteiger partial charge in [-0.25, -0.2) is 0 Å². The number of hydrogen-bond donors (Lipinski definition) is 0. The first kappa shape index (κ1) is 11.9. The summed E-state index contributed by atoms with van der Waals surface area (Å²) in [5.74, 6) is 1.71. The van der Waals surface area contributed by atoms with Gasteiger partial charge in [0.2, 0.25) is 0 Å². The lowest BCUT2D eigenvalue weighted by atomic mass is 10.1. The van der Waals surface area contributed by atoms with Crippen LogP contribution in [0.3, 0.4) is 0 Å². The Morgan fingerprint density at radius 1 is 1.54 bits per heavy atom. The Bertz CT molecular complexity index is 196. The van der Waals surface area contributed by atoms with Gasteiger partial charge >= 0.3 is 0 Å². The highest BCUT2D eigenvalue weighted by Gasteiger charge is 2.32. The minimum Gasteiger partial charge on any atom is -0.296 e. The first-order valence-corrected chi connectivity index (χ1v) is 7.73. The zero-order chi connectivity index (χ0) is 9.90. The first-order valence-electron chi connectivity index (χ1n) is 4.72. The van der Waals surface area contributed by atoms with Crippen molar-refractivity contribution in [2.24, 2.45) is 0 Å². The van der Waals surface area contributed by atoms with Gasteiger partial charge in [-0.2, -0.15) is 0 Å². The molecule has 78 valence electrons. The second-order valence-corrected chi connectivity index (χ2v) is 6.79. The lowest BCUT2D eigenvalue weighted by Crippen LogP contribution is -2.54. The van der Waals surface area contributed by atoms with Crippen LogP contribution in [0.5, 0.6) is 0 Å². The molecule has 1 saturated heterocycles. The summed E-state index contributed by atoms with van der Waals surface area (Å²) in [6.07, 6.45) is 1.25. The predicted molar refractivity (Wildman–Crippen MR) is 67.0 cm³/mol.